The second kappa shape index (κ2) is 9.13. The molecule has 0 saturated carbocycles. The van der Waals surface area contributed by atoms with Crippen molar-refractivity contribution in [1.29, 1.82) is 0 Å². The number of para-hydroxylation sites is 1. The van der Waals surface area contributed by atoms with Crippen LogP contribution in [0.4, 0.5) is 0 Å². The molecule has 2 saturated heterocycles. The molecule has 1 unspecified atom stereocenters. The largest absolute Gasteiger partial charge is 0.490 e. The molecule has 154 valence electrons. The van der Waals surface area contributed by atoms with Crippen LogP contribution >= 0.6 is 0 Å². The van der Waals surface area contributed by atoms with Crippen LogP contribution < -0.4 is 10.1 Å². The number of hydrogen-bond acceptors (Lipinski definition) is 5. The Bertz CT molecular complexity index is 821. The van der Waals surface area contributed by atoms with Crippen molar-refractivity contribution in [3.63, 3.8) is 0 Å². The number of carbonyl (C=O) groups excluding carboxylic acids is 2. The first-order valence-electron chi connectivity index (χ1n) is 10.2. The van der Waals surface area contributed by atoms with Crippen molar-refractivity contribution in [3.8, 4) is 5.75 Å². The Hall–Kier alpha value is -2.80. The van der Waals surface area contributed by atoms with E-state index in [1.165, 1.54) is 12.5 Å². The minimum Gasteiger partial charge on any atom is -0.490 e. The Morgan fingerprint density at radius 1 is 1.14 bits per heavy atom. The van der Waals surface area contributed by atoms with Gasteiger partial charge in [0.2, 0.25) is 0 Å². The molecular weight excluding hydrogens is 372 g/mol. The molecule has 1 aromatic heterocycles. The molecule has 3 heterocycles. The molecule has 4 rings (SSSR count). The lowest BCUT2D eigenvalue weighted by Crippen LogP contribution is -2.46. The first-order chi connectivity index (χ1) is 14.2. The van der Waals surface area contributed by atoms with Crippen molar-refractivity contribution in [2.45, 2.75) is 37.8 Å². The number of ether oxygens (including phenoxy) is 2. The number of nitrogens with zero attached hydrogens (tertiary/aromatic N) is 1. The maximum atomic E-state index is 12.8. The van der Waals surface area contributed by atoms with Crippen LogP contribution in [0.1, 0.15) is 46.4 Å². The van der Waals surface area contributed by atoms with Crippen LogP contribution in [-0.2, 0) is 4.74 Å². The lowest BCUT2D eigenvalue weighted by molar-refractivity contribution is 0.0664. The first kappa shape index (κ1) is 19.5. The minimum atomic E-state index is -0.146. The van der Waals surface area contributed by atoms with Gasteiger partial charge in [0, 0.05) is 25.7 Å². The third kappa shape index (κ3) is 4.79. The van der Waals surface area contributed by atoms with Crippen molar-refractivity contribution in [2.24, 2.45) is 0 Å². The SMILES string of the molecule is O=C(NC1CCN(C(=O)c2ccoc2)CC1)c1ccccc1OCC1CCCO1. The second-order valence-electron chi connectivity index (χ2n) is 7.49. The first-order valence-corrected chi connectivity index (χ1v) is 10.2. The van der Waals surface area contributed by atoms with E-state index in [2.05, 4.69) is 5.32 Å². The number of benzene rings is 1. The summed E-state index contributed by atoms with van der Waals surface area (Å²) in [5, 5.41) is 3.09. The molecule has 7 nitrogen and oxygen atoms in total. The smallest absolute Gasteiger partial charge is 0.257 e. The number of rotatable bonds is 6. The molecule has 2 amide bonds. The summed E-state index contributed by atoms with van der Waals surface area (Å²) in [4.78, 5) is 27.0. The van der Waals surface area contributed by atoms with Crippen molar-refractivity contribution >= 4 is 11.8 Å². The molecule has 0 radical (unpaired) electrons. The predicted molar refractivity (Wildman–Crippen MR) is 106 cm³/mol. The highest BCUT2D eigenvalue weighted by Crippen LogP contribution is 2.21. The fourth-order valence-corrected chi connectivity index (χ4v) is 3.80. The summed E-state index contributed by atoms with van der Waals surface area (Å²) < 4.78 is 16.5. The van der Waals surface area contributed by atoms with E-state index in [9.17, 15) is 9.59 Å². The molecule has 0 aliphatic carbocycles. The van der Waals surface area contributed by atoms with Crippen molar-refractivity contribution in [3.05, 3.63) is 54.0 Å². The number of piperidine rings is 1. The third-order valence-corrected chi connectivity index (χ3v) is 5.47. The van der Waals surface area contributed by atoms with Crippen LogP contribution in [0.3, 0.4) is 0 Å². The zero-order chi connectivity index (χ0) is 20.1. The maximum Gasteiger partial charge on any atom is 0.257 e. The molecule has 2 aromatic rings. The highest BCUT2D eigenvalue weighted by molar-refractivity contribution is 5.97. The molecule has 0 bridgehead atoms. The predicted octanol–water partition coefficient (Wildman–Crippen LogP) is 2.87. The number of hydrogen-bond donors (Lipinski definition) is 1. The Labute approximate surface area is 170 Å². The quantitative estimate of drug-likeness (QED) is 0.809. The number of likely N-dealkylation sites (tertiary alicyclic amines) is 1. The maximum absolute atomic E-state index is 12.8. The van der Waals surface area contributed by atoms with Gasteiger partial charge in [-0.25, -0.2) is 0 Å². The van der Waals surface area contributed by atoms with Crippen LogP contribution in [-0.4, -0.2) is 55.2 Å². The van der Waals surface area contributed by atoms with Gasteiger partial charge in [-0.15, -0.1) is 0 Å². The minimum absolute atomic E-state index is 0.0297. The molecule has 29 heavy (non-hydrogen) atoms. The highest BCUT2D eigenvalue weighted by Gasteiger charge is 2.26. The zero-order valence-corrected chi connectivity index (χ0v) is 16.3. The van der Waals surface area contributed by atoms with Gasteiger partial charge in [0.15, 0.2) is 0 Å². The van der Waals surface area contributed by atoms with Crippen molar-refractivity contribution < 1.29 is 23.5 Å². The summed E-state index contributed by atoms with van der Waals surface area (Å²) in [7, 11) is 0. The zero-order valence-electron chi connectivity index (χ0n) is 16.3. The van der Waals surface area contributed by atoms with Crippen LogP contribution in [0, 0.1) is 0 Å². The van der Waals surface area contributed by atoms with Gasteiger partial charge in [-0.2, -0.15) is 0 Å². The number of amides is 2. The molecule has 2 fully saturated rings. The molecule has 2 aliphatic rings. The van der Waals surface area contributed by atoms with Crippen molar-refractivity contribution in [1.82, 2.24) is 10.2 Å². The monoisotopic (exact) mass is 398 g/mol. The van der Waals surface area contributed by atoms with E-state index < -0.39 is 0 Å². The summed E-state index contributed by atoms with van der Waals surface area (Å²) >= 11 is 0. The Morgan fingerprint density at radius 3 is 2.69 bits per heavy atom. The molecule has 1 N–H and O–H groups in total. The summed E-state index contributed by atoms with van der Waals surface area (Å²) in [6.45, 7) is 2.44. The number of furan rings is 1. The van der Waals surface area contributed by atoms with Gasteiger partial charge in [-0.1, -0.05) is 12.1 Å². The van der Waals surface area contributed by atoms with E-state index in [-0.39, 0.29) is 24.0 Å². The van der Waals surface area contributed by atoms with E-state index >= 15 is 0 Å². The fraction of sp³-hybridized carbons (Fsp3) is 0.455. The topological polar surface area (TPSA) is 81.0 Å². The number of carbonyl (C=O) groups is 2. The van der Waals surface area contributed by atoms with Gasteiger partial charge in [0.1, 0.15) is 18.6 Å². The van der Waals surface area contributed by atoms with E-state index in [4.69, 9.17) is 13.9 Å². The second-order valence-corrected chi connectivity index (χ2v) is 7.49. The van der Waals surface area contributed by atoms with Gasteiger partial charge in [-0.3, -0.25) is 9.59 Å². The Kier molecular flexibility index (Phi) is 6.14. The molecule has 0 spiro atoms. The normalized spacial score (nSPS) is 19.9. The molecule has 1 aromatic carbocycles. The molecule has 2 aliphatic heterocycles. The average Bonchev–Trinajstić information content (AvgIpc) is 3.47. The Balaban J connectivity index is 1.30. The highest BCUT2D eigenvalue weighted by atomic mass is 16.5. The van der Waals surface area contributed by atoms with Crippen LogP contribution in [0.2, 0.25) is 0 Å². The van der Waals surface area contributed by atoms with Crippen LogP contribution in [0.15, 0.2) is 47.3 Å². The van der Waals surface area contributed by atoms with E-state index in [1.807, 2.05) is 18.2 Å². The fourth-order valence-electron chi connectivity index (χ4n) is 3.80. The van der Waals surface area contributed by atoms with Crippen molar-refractivity contribution in [2.75, 3.05) is 26.3 Å². The van der Waals surface area contributed by atoms with Gasteiger partial charge >= 0.3 is 0 Å². The van der Waals surface area contributed by atoms with E-state index in [0.717, 1.165) is 19.4 Å². The average molecular weight is 398 g/mol. The summed E-state index contributed by atoms with van der Waals surface area (Å²) in [5.74, 6) is 0.400. The lowest BCUT2D eigenvalue weighted by atomic mass is 10.0. The Morgan fingerprint density at radius 2 is 1.97 bits per heavy atom. The standard InChI is InChI=1S/C22H26N2O5/c25-21(19-5-1-2-6-20(19)29-15-18-4-3-12-28-18)23-17-7-10-24(11-8-17)22(26)16-9-13-27-14-16/h1-2,5-6,9,13-14,17-18H,3-4,7-8,10-12,15H2,(H,23,25). The summed E-state index contributed by atoms with van der Waals surface area (Å²) in [6, 6.07) is 8.99. The molecule has 1 atom stereocenters. The van der Waals surface area contributed by atoms with Gasteiger partial charge in [-0.05, 0) is 43.9 Å². The third-order valence-electron chi connectivity index (χ3n) is 5.47. The summed E-state index contributed by atoms with van der Waals surface area (Å²) in [5.41, 5.74) is 1.09. The van der Waals surface area contributed by atoms with Gasteiger partial charge in [0.25, 0.3) is 11.8 Å². The molecular formula is C22H26N2O5. The van der Waals surface area contributed by atoms with Gasteiger partial charge in [0.05, 0.1) is 23.5 Å². The lowest BCUT2D eigenvalue weighted by Gasteiger charge is -2.32. The van der Waals surface area contributed by atoms with E-state index in [0.29, 0.717) is 49.4 Å². The molecule has 7 heteroatoms. The van der Waals surface area contributed by atoms with Gasteiger partial charge < -0.3 is 24.1 Å². The summed E-state index contributed by atoms with van der Waals surface area (Å²) in [6.07, 6.45) is 6.54. The van der Waals surface area contributed by atoms with Crippen LogP contribution in [0.5, 0.6) is 5.75 Å². The van der Waals surface area contributed by atoms with Crippen LogP contribution in [0.25, 0.3) is 0 Å². The number of nitrogens with one attached hydrogen (secondary N) is 1. The van der Waals surface area contributed by atoms with E-state index in [1.54, 1.807) is 17.0 Å².